The number of rotatable bonds is 2. The van der Waals surface area contributed by atoms with E-state index in [2.05, 4.69) is 20.8 Å². The second-order valence-electron chi connectivity index (χ2n) is 6.21. The third kappa shape index (κ3) is 2.92. The van der Waals surface area contributed by atoms with Gasteiger partial charge in [0.2, 0.25) is 10.0 Å². The molecule has 0 saturated carbocycles. The minimum atomic E-state index is -3.48. The second-order valence-corrected chi connectivity index (χ2v) is 8.15. The van der Waals surface area contributed by atoms with Crippen LogP contribution in [0.25, 0.3) is 0 Å². The Labute approximate surface area is 115 Å². The third-order valence-corrected chi connectivity index (χ3v) is 5.69. The van der Waals surface area contributed by atoms with Crippen molar-refractivity contribution in [3.05, 3.63) is 24.3 Å². The molecule has 0 spiro atoms. The van der Waals surface area contributed by atoms with Gasteiger partial charge in [0.1, 0.15) is 5.75 Å². The first-order chi connectivity index (χ1) is 8.71. The smallest absolute Gasteiger partial charge is 0.243 e. The predicted octanol–water partition coefficient (Wildman–Crippen LogP) is 2.45. The highest BCUT2D eigenvalue weighted by Gasteiger charge is 2.37. The minimum absolute atomic E-state index is 0.0207. The number of phenols is 1. The first-order valence-electron chi connectivity index (χ1n) is 6.50. The van der Waals surface area contributed by atoms with Gasteiger partial charge in [-0.1, -0.05) is 26.8 Å². The van der Waals surface area contributed by atoms with Gasteiger partial charge < -0.3 is 5.11 Å². The van der Waals surface area contributed by atoms with Gasteiger partial charge in [0.25, 0.3) is 0 Å². The van der Waals surface area contributed by atoms with Crippen LogP contribution in [0.4, 0.5) is 0 Å². The molecule has 1 saturated heterocycles. The fraction of sp³-hybridized carbons (Fsp3) is 0.571. The molecule has 1 aromatic carbocycles. The lowest BCUT2D eigenvalue weighted by Crippen LogP contribution is -2.31. The summed E-state index contributed by atoms with van der Waals surface area (Å²) in [6.07, 6.45) is 0.890. The molecule has 5 heteroatoms. The Morgan fingerprint density at radius 1 is 1.32 bits per heavy atom. The zero-order chi connectivity index (χ0) is 14.3. The van der Waals surface area contributed by atoms with E-state index in [1.165, 1.54) is 22.5 Å². The maximum Gasteiger partial charge on any atom is 0.243 e. The van der Waals surface area contributed by atoms with Crippen molar-refractivity contribution in [1.82, 2.24) is 4.31 Å². The van der Waals surface area contributed by atoms with E-state index in [1.807, 2.05) is 0 Å². The summed E-state index contributed by atoms with van der Waals surface area (Å²) in [4.78, 5) is 0.169. The SMILES string of the molecule is CC(C)(C)C1CCN(S(=O)(=O)c2cccc(O)c2)C1. The Balaban J connectivity index is 2.23. The van der Waals surface area contributed by atoms with Crippen LogP contribution in [0.3, 0.4) is 0 Å². The van der Waals surface area contributed by atoms with Crippen LogP contribution in [0, 0.1) is 11.3 Å². The molecule has 0 bridgehead atoms. The summed E-state index contributed by atoms with van der Waals surface area (Å²) in [6, 6.07) is 5.86. The Bertz CT molecular complexity index is 560. The number of phenolic OH excluding ortho intramolecular Hbond substituents is 1. The van der Waals surface area contributed by atoms with Crippen LogP contribution >= 0.6 is 0 Å². The number of benzene rings is 1. The van der Waals surface area contributed by atoms with Gasteiger partial charge >= 0.3 is 0 Å². The fourth-order valence-electron chi connectivity index (χ4n) is 2.45. The molecule has 19 heavy (non-hydrogen) atoms. The molecule has 0 amide bonds. The normalized spacial score (nSPS) is 21.7. The van der Waals surface area contributed by atoms with Crippen LogP contribution in [-0.2, 0) is 10.0 Å². The average molecular weight is 283 g/mol. The first kappa shape index (κ1) is 14.3. The van der Waals surface area contributed by atoms with Gasteiger partial charge in [-0.25, -0.2) is 8.42 Å². The summed E-state index contributed by atoms with van der Waals surface area (Å²) in [5, 5.41) is 9.42. The first-order valence-corrected chi connectivity index (χ1v) is 7.94. The Morgan fingerprint density at radius 3 is 2.53 bits per heavy atom. The molecule has 106 valence electrons. The van der Waals surface area contributed by atoms with E-state index in [0.29, 0.717) is 19.0 Å². The van der Waals surface area contributed by atoms with Crippen molar-refractivity contribution in [2.45, 2.75) is 32.1 Å². The monoisotopic (exact) mass is 283 g/mol. The molecule has 1 atom stereocenters. The predicted molar refractivity (Wildman–Crippen MR) is 74.4 cm³/mol. The van der Waals surface area contributed by atoms with Crippen molar-refractivity contribution in [2.75, 3.05) is 13.1 Å². The Hall–Kier alpha value is -1.07. The molecule has 1 aliphatic rings. The number of aromatic hydroxyl groups is 1. The molecule has 0 aliphatic carbocycles. The van der Waals surface area contributed by atoms with Crippen LogP contribution in [0.5, 0.6) is 5.75 Å². The van der Waals surface area contributed by atoms with Gasteiger partial charge in [-0.15, -0.1) is 0 Å². The highest BCUT2D eigenvalue weighted by Crippen LogP contribution is 2.36. The lowest BCUT2D eigenvalue weighted by molar-refractivity contribution is 0.252. The van der Waals surface area contributed by atoms with Gasteiger partial charge in [0.05, 0.1) is 4.90 Å². The number of hydrogen-bond acceptors (Lipinski definition) is 3. The summed E-state index contributed by atoms with van der Waals surface area (Å²) >= 11 is 0. The summed E-state index contributed by atoms with van der Waals surface area (Å²) in [6.45, 7) is 7.54. The second kappa shape index (κ2) is 4.80. The van der Waals surface area contributed by atoms with Gasteiger partial charge in [0.15, 0.2) is 0 Å². The van der Waals surface area contributed by atoms with E-state index >= 15 is 0 Å². The largest absolute Gasteiger partial charge is 0.508 e. The van der Waals surface area contributed by atoms with E-state index in [9.17, 15) is 13.5 Å². The summed E-state index contributed by atoms with van der Waals surface area (Å²) in [7, 11) is -3.48. The third-order valence-electron chi connectivity index (χ3n) is 3.83. The van der Waals surface area contributed by atoms with Crippen LogP contribution < -0.4 is 0 Å². The molecule has 0 radical (unpaired) electrons. The van der Waals surface area contributed by atoms with Gasteiger partial charge in [-0.3, -0.25) is 0 Å². The van der Waals surface area contributed by atoms with Crippen LogP contribution in [0.2, 0.25) is 0 Å². The van der Waals surface area contributed by atoms with Crippen LogP contribution in [0.15, 0.2) is 29.2 Å². The maximum absolute atomic E-state index is 12.5. The molecule has 1 aromatic rings. The molecule has 1 fully saturated rings. The molecule has 4 nitrogen and oxygen atoms in total. The van der Waals surface area contributed by atoms with Gasteiger partial charge in [-0.2, -0.15) is 4.31 Å². The van der Waals surface area contributed by atoms with Crippen molar-refractivity contribution in [3.8, 4) is 5.75 Å². The zero-order valence-corrected chi connectivity index (χ0v) is 12.4. The number of sulfonamides is 1. The van der Waals surface area contributed by atoms with E-state index < -0.39 is 10.0 Å². The maximum atomic E-state index is 12.5. The highest BCUT2D eigenvalue weighted by molar-refractivity contribution is 7.89. The molecule has 0 aromatic heterocycles. The van der Waals surface area contributed by atoms with Crippen molar-refractivity contribution < 1.29 is 13.5 Å². The van der Waals surface area contributed by atoms with Crippen LogP contribution in [0.1, 0.15) is 27.2 Å². The summed E-state index contributed by atoms with van der Waals surface area (Å²) in [5.74, 6) is 0.354. The van der Waals surface area contributed by atoms with Crippen LogP contribution in [-0.4, -0.2) is 30.9 Å². The van der Waals surface area contributed by atoms with E-state index in [-0.39, 0.29) is 16.1 Å². The summed E-state index contributed by atoms with van der Waals surface area (Å²) < 4.78 is 26.5. The van der Waals surface area contributed by atoms with Crippen molar-refractivity contribution in [3.63, 3.8) is 0 Å². The van der Waals surface area contributed by atoms with Gasteiger partial charge in [-0.05, 0) is 36.0 Å². The molecule has 1 heterocycles. The lowest BCUT2D eigenvalue weighted by Gasteiger charge is -2.26. The topological polar surface area (TPSA) is 57.6 Å². The zero-order valence-electron chi connectivity index (χ0n) is 11.6. The number of nitrogens with zero attached hydrogens (tertiary/aromatic N) is 1. The van der Waals surface area contributed by atoms with Crippen molar-refractivity contribution in [2.24, 2.45) is 11.3 Å². The highest BCUT2D eigenvalue weighted by atomic mass is 32.2. The lowest BCUT2D eigenvalue weighted by atomic mass is 9.80. The quantitative estimate of drug-likeness (QED) is 0.907. The molecule has 2 rings (SSSR count). The standard InChI is InChI=1S/C14H21NO3S/c1-14(2,3)11-7-8-15(10-11)19(17,18)13-6-4-5-12(16)9-13/h4-6,9,11,16H,7-8,10H2,1-3H3. The molecule has 1 aliphatic heterocycles. The fourth-order valence-corrected chi connectivity index (χ4v) is 3.99. The van der Waals surface area contributed by atoms with Gasteiger partial charge in [0, 0.05) is 13.1 Å². The Kier molecular flexibility index (Phi) is 3.62. The van der Waals surface area contributed by atoms with Crippen molar-refractivity contribution >= 4 is 10.0 Å². The van der Waals surface area contributed by atoms with E-state index in [4.69, 9.17) is 0 Å². The average Bonchev–Trinajstić information content (AvgIpc) is 2.78. The van der Waals surface area contributed by atoms with Crippen molar-refractivity contribution in [1.29, 1.82) is 0 Å². The molecule has 1 unspecified atom stereocenters. The molecule has 1 N–H and O–H groups in total. The molecular weight excluding hydrogens is 262 g/mol. The Morgan fingerprint density at radius 2 is 2.00 bits per heavy atom. The van der Waals surface area contributed by atoms with E-state index in [0.717, 1.165) is 6.42 Å². The number of hydrogen-bond donors (Lipinski definition) is 1. The minimum Gasteiger partial charge on any atom is -0.508 e. The molecular formula is C14H21NO3S. The summed E-state index contributed by atoms with van der Waals surface area (Å²) in [5.41, 5.74) is 0.114. The van der Waals surface area contributed by atoms with E-state index in [1.54, 1.807) is 6.07 Å².